The van der Waals surface area contributed by atoms with E-state index in [-0.39, 0.29) is 24.4 Å². The van der Waals surface area contributed by atoms with Gasteiger partial charge in [-0.3, -0.25) is 4.98 Å². The molecule has 1 aliphatic rings. The van der Waals surface area contributed by atoms with Crippen molar-refractivity contribution >= 4 is 28.9 Å². The number of phenolic OH excluding ortho intramolecular Hbond substituents is 1. The number of phenols is 1. The number of nitrogens with zero attached hydrogens (tertiary/aromatic N) is 3. The second-order valence-corrected chi connectivity index (χ2v) is 8.52. The van der Waals surface area contributed by atoms with Gasteiger partial charge in [-0.1, -0.05) is 17.7 Å². The molecule has 6 nitrogen and oxygen atoms in total. The summed E-state index contributed by atoms with van der Waals surface area (Å²) in [6.45, 7) is 4.76. The number of aliphatic hydroxyl groups excluding tert-OH is 1. The van der Waals surface area contributed by atoms with Crippen LogP contribution >= 0.6 is 23.8 Å². The molecule has 1 aliphatic heterocycles. The molecule has 0 aliphatic carbocycles. The molecule has 0 saturated carbocycles. The summed E-state index contributed by atoms with van der Waals surface area (Å²) < 4.78 is 2.01. The minimum Gasteiger partial charge on any atom is -0.506 e. The minimum atomic E-state index is -0.130. The molecule has 162 valence electrons. The first kappa shape index (κ1) is 21.6. The number of benzene rings is 1. The Morgan fingerprint density at radius 2 is 2.00 bits per heavy atom. The second-order valence-electron chi connectivity index (χ2n) is 7.69. The van der Waals surface area contributed by atoms with Crippen molar-refractivity contribution in [1.82, 2.24) is 19.8 Å². The van der Waals surface area contributed by atoms with Crippen molar-refractivity contribution in [1.29, 1.82) is 0 Å². The Hall–Kier alpha value is -2.61. The number of pyridine rings is 1. The third-order valence-corrected chi connectivity index (χ3v) is 6.31. The molecule has 0 amide bonds. The summed E-state index contributed by atoms with van der Waals surface area (Å²) in [6, 6.07) is 12.8. The van der Waals surface area contributed by atoms with Gasteiger partial charge in [0.2, 0.25) is 0 Å². The van der Waals surface area contributed by atoms with Gasteiger partial charge in [-0.25, -0.2) is 0 Å². The Morgan fingerprint density at radius 3 is 2.71 bits per heavy atom. The Bertz CT molecular complexity index is 1100. The summed E-state index contributed by atoms with van der Waals surface area (Å²) in [7, 11) is 0. The molecule has 3 N–H and O–H groups in total. The lowest BCUT2D eigenvalue weighted by atomic mass is 9.96. The van der Waals surface area contributed by atoms with Crippen molar-refractivity contribution in [2.45, 2.75) is 32.4 Å². The van der Waals surface area contributed by atoms with Crippen LogP contribution in [0.3, 0.4) is 0 Å². The fourth-order valence-corrected chi connectivity index (χ4v) is 4.86. The SMILES string of the molecule is Cc1cc(C2C(c3ccccn3)NC(=S)N2CCCO)c(C)n1-c1cc(Cl)ccc1O. The van der Waals surface area contributed by atoms with Crippen LogP contribution < -0.4 is 5.32 Å². The van der Waals surface area contributed by atoms with Gasteiger partial charge in [-0.2, -0.15) is 0 Å². The van der Waals surface area contributed by atoms with Gasteiger partial charge in [-0.05, 0) is 74.4 Å². The molecular formula is C23H25ClN4O2S. The fourth-order valence-electron chi connectivity index (χ4n) is 4.36. The number of aromatic hydroxyl groups is 1. The highest BCUT2D eigenvalue weighted by molar-refractivity contribution is 7.80. The summed E-state index contributed by atoms with van der Waals surface area (Å²) >= 11 is 11.9. The van der Waals surface area contributed by atoms with E-state index in [1.54, 1.807) is 24.4 Å². The largest absolute Gasteiger partial charge is 0.506 e. The zero-order valence-corrected chi connectivity index (χ0v) is 19.0. The Kier molecular flexibility index (Phi) is 6.18. The summed E-state index contributed by atoms with van der Waals surface area (Å²) in [4.78, 5) is 6.69. The highest BCUT2D eigenvalue weighted by atomic mass is 35.5. The smallest absolute Gasteiger partial charge is 0.170 e. The summed E-state index contributed by atoms with van der Waals surface area (Å²) in [5.41, 5.74) is 4.58. The van der Waals surface area contributed by atoms with Gasteiger partial charge in [0.25, 0.3) is 0 Å². The number of aliphatic hydroxyl groups is 1. The lowest BCUT2D eigenvalue weighted by Crippen LogP contribution is -2.31. The number of halogens is 1. The molecule has 2 aromatic heterocycles. The fraction of sp³-hybridized carbons (Fsp3) is 0.304. The molecule has 0 bridgehead atoms. The average molecular weight is 457 g/mol. The molecule has 3 aromatic rings. The van der Waals surface area contributed by atoms with Crippen LogP contribution in [0.4, 0.5) is 0 Å². The number of hydrogen-bond acceptors (Lipinski definition) is 4. The quantitative estimate of drug-likeness (QED) is 0.483. The predicted octanol–water partition coefficient (Wildman–Crippen LogP) is 4.20. The molecule has 1 aromatic carbocycles. The normalized spacial score (nSPS) is 18.5. The number of rotatable bonds is 6. The van der Waals surface area contributed by atoms with E-state index >= 15 is 0 Å². The van der Waals surface area contributed by atoms with Crippen LogP contribution in [0, 0.1) is 13.8 Å². The number of nitrogens with one attached hydrogen (secondary N) is 1. The maximum Gasteiger partial charge on any atom is 0.170 e. The molecule has 1 saturated heterocycles. The van der Waals surface area contributed by atoms with Crippen LogP contribution in [-0.4, -0.2) is 42.9 Å². The number of hydrogen-bond donors (Lipinski definition) is 3. The molecule has 1 fully saturated rings. The molecule has 4 rings (SSSR count). The predicted molar refractivity (Wildman–Crippen MR) is 126 cm³/mol. The molecule has 31 heavy (non-hydrogen) atoms. The highest BCUT2D eigenvalue weighted by Crippen LogP contribution is 2.42. The monoisotopic (exact) mass is 456 g/mol. The van der Waals surface area contributed by atoms with E-state index < -0.39 is 0 Å². The van der Waals surface area contributed by atoms with Crippen molar-refractivity contribution in [3.63, 3.8) is 0 Å². The van der Waals surface area contributed by atoms with Gasteiger partial charge in [0.15, 0.2) is 5.11 Å². The topological polar surface area (TPSA) is 73.5 Å². The van der Waals surface area contributed by atoms with Crippen LogP contribution in [0.25, 0.3) is 5.69 Å². The van der Waals surface area contributed by atoms with Crippen molar-refractivity contribution < 1.29 is 10.2 Å². The van der Waals surface area contributed by atoms with Crippen molar-refractivity contribution in [2.24, 2.45) is 0 Å². The third kappa shape index (κ3) is 4.01. The third-order valence-electron chi connectivity index (χ3n) is 5.72. The molecule has 2 unspecified atom stereocenters. The van der Waals surface area contributed by atoms with E-state index in [2.05, 4.69) is 21.3 Å². The van der Waals surface area contributed by atoms with Gasteiger partial charge >= 0.3 is 0 Å². The first-order valence-corrected chi connectivity index (χ1v) is 11.0. The Balaban J connectivity index is 1.84. The van der Waals surface area contributed by atoms with E-state index in [9.17, 15) is 10.2 Å². The number of aryl methyl sites for hydroxylation is 1. The van der Waals surface area contributed by atoms with Gasteiger partial charge in [0.05, 0.1) is 23.5 Å². The van der Waals surface area contributed by atoms with E-state index in [4.69, 9.17) is 23.8 Å². The molecule has 0 radical (unpaired) electrons. The van der Waals surface area contributed by atoms with Gasteiger partial charge in [0.1, 0.15) is 5.75 Å². The summed E-state index contributed by atoms with van der Waals surface area (Å²) in [5.74, 6) is 0.163. The van der Waals surface area contributed by atoms with Crippen LogP contribution in [0.2, 0.25) is 5.02 Å². The van der Waals surface area contributed by atoms with Crippen LogP contribution in [0.5, 0.6) is 5.75 Å². The second kappa shape index (κ2) is 8.86. The lowest BCUT2D eigenvalue weighted by molar-refractivity contribution is 0.247. The van der Waals surface area contributed by atoms with E-state index in [1.165, 1.54) is 0 Å². The minimum absolute atomic E-state index is 0.0928. The molecule has 2 atom stereocenters. The molecule has 3 heterocycles. The molecular weight excluding hydrogens is 432 g/mol. The Labute approximate surface area is 192 Å². The molecule has 0 spiro atoms. The standard InChI is InChI=1S/C23H25ClN4O2S/c1-14-12-17(15(2)28(14)19-13-16(24)7-8-20(19)30)22-21(18-6-3-4-9-25-18)26-23(31)27(22)10-5-11-29/h3-4,6-9,12-13,21-22,29-30H,5,10-11H2,1-2H3,(H,26,31). The highest BCUT2D eigenvalue weighted by Gasteiger charge is 2.41. The summed E-state index contributed by atoms with van der Waals surface area (Å²) in [5, 5.41) is 24.5. The van der Waals surface area contributed by atoms with Crippen LogP contribution in [0.15, 0.2) is 48.7 Å². The van der Waals surface area contributed by atoms with Crippen LogP contribution in [0.1, 0.15) is 41.1 Å². The number of aromatic nitrogens is 2. The van der Waals surface area contributed by atoms with Crippen molar-refractivity contribution in [3.8, 4) is 11.4 Å². The van der Waals surface area contributed by atoms with Gasteiger partial charge in [0, 0.05) is 35.8 Å². The summed E-state index contributed by atoms with van der Waals surface area (Å²) in [6.07, 6.45) is 2.39. The van der Waals surface area contributed by atoms with Gasteiger partial charge in [-0.15, -0.1) is 0 Å². The Morgan fingerprint density at radius 1 is 1.19 bits per heavy atom. The lowest BCUT2D eigenvalue weighted by Gasteiger charge is -2.28. The first-order chi connectivity index (χ1) is 14.9. The number of thiocarbonyl (C=S) groups is 1. The van der Waals surface area contributed by atoms with Crippen LogP contribution in [-0.2, 0) is 0 Å². The maximum atomic E-state index is 10.5. The maximum absolute atomic E-state index is 10.5. The van der Waals surface area contributed by atoms with Crippen molar-refractivity contribution in [3.05, 3.63) is 76.3 Å². The average Bonchev–Trinajstić information content (AvgIpc) is 3.24. The van der Waals surface area contributed by atoms with E-state index in [0.717, 1.165) is 22.6 Å². The van der Waals surface area contributed by atoms with Gasteiger partial charge < -0.3 is 25.0 Å². The zero-order valence-electron chi connectivity index (χ0n) is 17.4. The van der Waals surface area contributed by atoms with Crippen molar-refractivity contribution in [2.75, 3.05) is 13.2 Å². The molecule has 8 heteroatoms. The zero-order chi connectivity index (χ0) is 22.1. The first-order valence-electron chi connectivity index (χ1n) is 10.2. The van der Waals surface area contributed by atoms with E-state index in [1.807, 2.05) is 36.6 Å². The van der Waals surface area contributed by atoms with E-state index in [0.29, 0.717) is 28.8 Å².